The van der Waals surface area contributed by atoms with Crippen molar-refractivity contribution in [3.63, 3.8) is 0 Å². The predicted molar refractivity (Wildman–Crippen MR) is 81.5 cm³/mol. The van der Waals surface area contributed by atoms with Gasteiger partial charge in [0, 0.05) is 18.8 Å². The second-order valence-corrected chi connectivity index (χ2v) is 6.45. The van der Waals surface area contributed by atoms with E-state index in [2.05, 4.69) is 11.8 Å². The van der Waals surface area contributed by atoms with Crippen LogP contribution in [0.4, 0.5) is 10.1 Å². The lowest BCUT2D eigenvalue weighted by Crippen LogP contribution is -2.55. The molecule has 2 nitrogen and oxygen atoms in total. The van der Waals surface area contributed by atoms with Crippen LogP contribution in [0.3, 0.4) is 0 Å². The van der Waals surface area contributed by atoms with Crippen molar-refractivity contribution < 1.29 is 4.39 Å². The molecule has 3 heteroatoms. The molecule has 0 aromatic heterocycles. The molecule has 0 radical (unpaired) electrons. The Morgan fingerprint density at radius 3 is 2.75 bits per heavy atom. The van der Waals surface area contributed by atoms with Crippen LogP contribution in [-0.2, 0) is 6.42 Å². The number of hydrogen-bond donors (Lipinski definition) is 1. The van der Waals surface area contributed by atoms with E-state index in [0.29, 0.717) is 6.54 Å². The number of anilines is 1. The van der Waals surface area contributed by atoms with Crippen molar-refractivity contribution in [1.82, 2.24) is 0 Å². The fraction of sp³-hybridized carbons (Fsp3) is 0.647. The summed E-state index contributed by atoms with van der Waals surface area (Å²) in [6.07, 6.45) is 7.11. The van der Waals surface area contributed by atoms with Crippen molar-refractivity contribution in [3.8, 4) is 0 Å². The maximum Gasteiger partial charge on any atom is 0.125 e. The van der Waals surface area contributed by atoms with E-state index in [1.54, 1.807) is 12.1 Å². The van der Waals surface area contributed by atoms with Gasteiger partial charge in [-0.15, -0.1) is 0 Å². The molecule has 1 fully saturated rings. The van der Waals surface area contributed by atoms with E-state index in [9.17, 15) is 4.39 Å². The Morgan fingerprint density at radius 1 is 1.35 bits per heavy atom. The molecule has 2 N–H and O–H groups in total. The van der Waals surface area contributed by atoms with Gasteiger partial charge in [0.15, 0.2) is 0 Å². The topological polar surface area (TPSA) is 29.3 Å². The number of rotatable bonds is 3. The molecule has 0 atom stereocenters. The van der Waals surface area contributed by atoms with Crippen molar-refractivity contribution in [2.45, 2.75) is 51.0 Å². The van der Waals surface area contributed by atoms with Crippen molar-refractivity contribution >= 4 is 5.69 Å². The summed E-state index contributed by atoms with van der Waals surface area (Å²) in [5.74, 6) is 0.717. The molecule has 1 aliphatic carbocycles. The van der Waals surface area contributed by atoms with Gasteiger partial charge in [-0.3, -0.25) is 0 Å². The van der Waals surface area contributed by atoms with E-state index in [4.69, 9.17) is 5.73 Å². The number of hydrogen-bond acceptors (Lipinski definition) is 2. The number of benzene rings is 1. The summed E-state index contributed by atoms with van der Waals surface area (Å²) in [6, 6.07) is 5.21. The smallest absolute Gasteiger partial charge is 0.125 e. The molecular weight excluding hydrogens is 251 g/mol. The summed E-state index contributed by atoms with van der Waals surface area (Å²) in [7, 11) is 0. The summed E-state index contributed by atoms with van der Waals surface area (Å²) < 4.78 is 13.6. The van der Waals surface area contributed by atoms with Crippen LogP contribution < -0.4 is 10.6 Å². The lowest BCUT2D eigenvalue weighted by molar-refractivity contribution is 0.224. The first-order valence-electron chi connectivity index (χ1n) is 7.94. The van der Waals surface area contributed by atoms with Gasteiger partial charge < -0.3 is 10.6 Å². The number of fused-ring (bicyclic) bond motifs is 1. The van der Waals surface area contributed by atoms with Gasteiger partial charge in [-0.1, -0.05) is 19.4 Å². The minimum Gasteiger partial charge on any atom is -0.364 e. The Kier molecular flexibility index (Phi) is 3.72. The van der Waals surface area contributed by atoms with E-state index in [1.165, 1.54) is 24.8 Å². The van der Waals surface area contributed by atoms with Gasteiger partial charge in [0.25, 0.3) is 0 Å². The van der Waals surface area contributed by atoms with Gasteiger partial charge in [-0.05, 0) is 55.7 Å². The summed E-state index contributed by atoms with van der Waals surface area (Å²) in [6.45, 7) is 3.95. The minimum atomic E-state index is -0.134. The average molecular weight is 276 g/mol. The molecule has 0 amide bonds. The second-order valence-electron chi connectivity index (χ2n) is 6.45. The van der Waals surface area contributed by atoms with E-state index in [1.807, 2.05) is 6.07 Å². The third kappa shape index (κ3) is 2.22. The third-order valence-electron chi connectivity index (χ3n) is 5.51. The van der Waals surface area contributed by atoms with E-state index < -0.39 is 0 Å². The number of nitrogens with zero attached hydrogens (tertiary/aromatic N) is 1. The molecule has 1 aromatic rings. The molecule has 0 spiro atoms. The maximum absolute atomic E-state index is 13.6. The molecule has 1 heterocycles. The van der Waals surface area contributed by atoms with Crippen LogP contribution in [0, 0.1) is 11.7 Å². The van der Waals surface area contributed by atoms with Crippen LogP contribution in [0.25, 0.3) is 0 Å². The Bertz CT molecular complexity index is 478. The molecule has 3 rings (SSSR count). The zero-order chi connectivity index (χ0) is 14.2. The van der Waals surface area contributed by atoms with Crippen LogP contribution in [-0.4, -0.2) is 18.6 Å². The fourth-order valence-corrected chi connectivity index (χ4v) is 4.05. The number of nitrogens with two attached hydrogens (primary N) is 1. The van der Waals surface area contributed by atoms with Crippen molar-refractivity contribution in [1.29, 1.82) is 0 Å². The van der Waals surface area contributed by atoms with Gasteiger partial charge in [-0.2, -0.15) is 0 Å². The summed E-state index contributed by atoms with van der Waals surface area (Å²) in [5.41, 5.74) is 8.59. The highest BCUT2D eigenvalue weighted by molar-refractivity contribution is 5.60. The van der Waals surface area contributed by atoms with Crippen LogP contribution in [0.15, 0.2) is 18.2 Å². The molecule has 2 aliphatic rings. The fourth-order valence-electron chi connectivity index (χ4n) is 4.05. The largest absolute Gasteiger partial charge is 0.364 e. The summed E-state index contributed by atoms with van der Waals surface area (Å²) >= 11 is 0. The monoisotopic (exact) mass is 276 g/mol. The zero-order valence-electron chi connectivity index (χ0n) is 12.4. The predicted octanol–water partition coefficient (Wildman–Crippen LogP) is 3.49. The van der Waals surface area contributed by atoms with Gasteiger partial charge in [0.05, 0.1) is 5.54 Å². The quantitative estimate of drug-likeness (QED) is 0.915. The van der Waals surface area contributed by atoms with Crippen molar-refractivity contribution in [2.75, 3.05) is 18.0 Å². The molecule has 1 saturated carbocycles. The standard InChI is InChI=1S/C17H25FN2/c1-2-13-5-8-17(12-19,9-6-13)20-10-7-14-3-4-15(18)11-16(14)20/h3-4,11,13H,2,5-10,12,19H2,1H3. The Labute approximate surface area is 121 Å². The summed E-state index contributed by atoms with van der Waals surface area (Å²) in [5, 5.41) is 0. The SMILES string of the molecule is CCC1CCC(CN)(N2CCc3ccc(F)cc32)CC1. The van der Waals surface area contributed by atoms with Crippen LogP contribution in [0.5, 0.6) is 0 Å². The number of halogens is 1. The average Bonchev–Trinajstić information content (AvgIpc) is 2.91. The molecule has 1 aromatic carbocycles. The first-order chi connectivity index (χ1) is 9.68. The molecule has 20 heavy (non-hydrogen) atoms. The van der Waals surface area contributed by atoms with E-state index in [0.717, 1.165) is 37.4 Å². The first-order valence-corrected chi connectivity index (χ1v) is 7.94. The molecule has 110 valence electrons. The zero-order valence-corrected chi connectivity index (χ0v) is 12.4. The highest BCUT2D eigenvalue weighted by Gasteiger charge is 2.41. The minimum absolute atomic E-state index is 0.0602. The molecular formula is C17H25FN2. The van der Waals surface area contributed by atoms with Crippen LogP contribution in [0.2, 0.25) is 0 Å². The Hall–Kier alpha value is -1.09. The lowest BCUT2D eigenvalue weighted by atomic mass is 9.74. The van der Waals surface area contributed by atoms with Crippen LogP contribution in [0.1, 0.15) is 44.6 Å². The molecule has 0 bridgehead atoms. The molecule has 0 saturated heterocycles. The van der Waals surface area contributed by atoms with Crippen LogP contribution >= 0.6 is 0 Å². The lowest BCUT2D eigenvalue weighted by Gasteiger charge is -2.47. The van der Waals surface area contributed by atoms with E-state index in [-0.39, 0.29) is 11.4 Å². The van der Waals surface area contributed by atoms with Crippen molar-refractivity contribution in [3.05, 3.63) is 29.6 Å². The van der Waals surface area contributed by atoms with Gasteiger partial charge >= 0.3 is 0 Å². The Balaban J connectivity index is 1.87. The van der Waals surface area contributed by atoms with Gasteiger partial charge in [-0.25, -0.2) is 4.39 Å². The molecule has 1 aliphatic heterocycles. The normalized spacial score (nSPS) is 29.6. The first kappa shape index (κ1) is 13.9. The highest BCUT2D eigenvalue weighted by atomic mass is 19.1. The maximum atomic E-state index is 13.6. The van der Waals surface area contributed by atoms with Gasteiger partial charge in [0.2, 0.25) is 0 Å². The third-order valence-corrected chi connectivity index (χ3v) is 5.51. The second kappa shape index (κ2) is 5.36. The molecule has 0 unspecified atom stereocenters. The highest BCUT2D eigenvalue weighted by Crippen LogP contribution is 2.43. The van der Waals surface area contributed by atoms with Gasteiger partial charge in [0.1, 0.15) is 5.82 Å². The summed E-state index contributed by atoms with van der Waals surface area (Å²) in [4.78, 5) is 2.41. The van der Waals surface area contributed by atoms with E-state index >= 15 is 0 Å². The van der Waals surface area contributed by atoms with Crippen molar-refractivity contribution in [2.24, 2.45) is 11.7 Å². The Morgan fingerprint density at radius 2 is 2.10 bits per heavy atom.